The number of nitrogens with zero attached hydrogens (tertiary/aromatic N) is 3. The maximum absolute atomic E-state index is 14.2. The van der Waals surface area contributed by atoms with Gasteiger partial charge >= 0.3 is 0 Å². The first-order chi connectivity index (χ1) is 14.5. The van der Waals surface area contributed by atoms with Gasteiger partial charge in [0.1, 0.15) is 12.4 Å². The van der Waals surface area contributed by atoms with Gasteiger partial charge in [0.25, 0.3) is 5.91 Å². The number of methoxy groups -OCH3 is 1. The zero-order valence-corrected chi connectivity index (χ0v) is 18.1. The van der Waals surface area contributed by atoms with Crippen LogP contribution in [-0.2, 0) is 23.1 Å². The number of rotatable bonds is 12. The lowest BCUT2D eigenvalue weighted by Gasteiger charge is -2.28. The molecular formula is C23H32FN3O3. The van der Waals surface area contributed by atoms with Crippen molar-refractivity contribution in [2.75, 3.05) is 33.4 Å². The normalized spacial score (nSPS) is 10.8. The van der Waals surface area contributed by atoms with Crippen LogP contribution in [0.25, 0.3) is 0 Å². The molecule has 0 N–H and O–H groups in total. The van der Waals surface area contributed by atoms with Crippen LogP contribution in [0.3, 0.4) is 0 Å². The van der Waals surface area contributed by atoms with Gasteiger partial charge in [0, 0.05) is 45.7 Å². The first kappa shape index (κ1) is 23.6. The molecule has 2 rings (SSSR count). The van der Waals surface area contributed by atoms with Crippen molar-refractivity contribution < 1.29 is 18.7 Å². The van der Waals surface area contributed by atoms with Crippen LogP contribution in [0.1, 0.15) is 42.2 Å². The summed E-state index contributed by atoms with van der Waals surface area (Å²) in [4.78, 5) is 29.3. The minimum absolute atomic E-state index is 0.0229. The lowest BCUT2D eigenvalue weighted by atomic mass is 10.1. The monoisotopic (exact) mass is 417 g/mol. The molecule has 1 aromatic carbocycles. The van der Waals surface area contributed by atoms with Gasteiger partial charge in [-0.2, -0.15) is 0 Å². The van der Waals surface area contributed by atoms with E-state index in [4.69, 9.17) is 4.74 Å². The molecule has 1 aromatic heterocycles. The predicted molar refractivity (Wildman–Crippen MR) is 115 cm³/mol. The Morgan fingerprint density at radius 3 is 2.43 bits per heavy atom. The fourth-order valence-electron chi connectivity index (χ4n) is 3.22. The number of benzene rings is 1. The fraction of sp³-hybridized carbons (Fsp3) is 0.478. The van der Waals surface area contributed by atoms with Gasteiger partial charge in [-0.3, -0.25) is 9.59 Å². The maximum Gasteiger partial charge on any atom is 0.257 e. The molecule has 0 atom stereocenters. The van der Waals surface area contributed by atoms with Crippen LogP contribution >= 0.6 is 0 Å². The smallest absolute Gasteiger partial charge is 0.257 e. The van der Waals surface area contributed by atoms with E-state index in [2.05, 4.69) is 6.92 Å². The molecule has 0 spiro atoms. The van der Waals surface area contributed by atoms with Gasteiger partial charge in [-0.05, 0) is 37.1 Å². The number of carbonyl (C=O) groups is 2. The summed E-state index contributed by atoms with van der Waals surface area (Å²) in [5, 5.41) is 0. The van der Waals surface area contributed by atoms with E-state index in [1.165, 1.54) is 17.0 Å². The summed E-state index contributed by atoms with van der Waals surface area (Å²) in [5.41, 5.74) is 0.996. The largest absolute Gasteiger partial charge is 0.385 e. The second-order valence-corrected chi connectivity index (χ2v) is 7.33. The first-order valence-corrected chi connectivity index (χ1v) is 10.4. The van der Waals surface area contributed by atoms with E-state index in [-0.39, 0.29) is 18.0 Å². The molecule has 0 saturated carbocycles. The minimum Gasteiger partial charge on any atom is -0.385 e. The Hall–Kier alpha value is -2.67. The Labute approximate surface area is 178 Å². The molecule has 6 nitrogen and oxygen atoms in total. The lowest BCUT2D eigenvalue weighted by molar-refractivity contribution is -0.132. The highest BCUT2D eigenvalue weighted by Crippen LogP contribution is 2.13. The summed E-state index contributed by atoms with van der Waals surface area (Å²) in [7, 11) is 3.52. The Morgan fingerprint density at radius 2 is 1.80 bits per heavy atom. The van der Waals surface area contributed by atoms with Crippen molar-refractivity contribution in [2.24, 2.45) is 7.05 Å². The molecule has 0 unspecified atom stereocenters. The van der Waals surface area contributed by atoms with E-state index in [0.29, 0.717) is 32.7 Å². The van der Waals surface area contributed by atoms with E-state index in [0.717, 1.165) is 18.5 Å². The Morgan fingerprint density at radius 1 is 1.07 bits per heavy atom. The summed E-state index contributed by atoms with van der Waals surface area (Å²) in [5.74, 6) is -1.21. The van der Waals surface area contributed by atoms with Gasteiger partial charge in [0.05, 0.1) is 12.1 Å². The Balaban J connectivity index is 2.17. The highest BCUT2D eigenvalue weighted by molar-refractivity contribution is 5.96. The van der Waals surface area contributed by atoms with Crippen molar-refractivity contribution in [2.45, 2.75) is 32.7 Å². The average Bonchev–Trinajstić information content (AvgIpc) is 3.14. The van der Waals surface area contributed by atoms with Crippen LogP contribution < -0.4 is 0 Å². The van der Waals surface area contributed by atoms with Crippen LogP contribution in [0.2, 0.25) is 0 Å². The molecule has 0 saturated heterocycles. The van der Waals surface area contributed by atoms with Crippen molar-refractivity contribution >= 4 is 11.8 Å². The number of hydrogen-bond donors (Lipinski definition) is 0. The van der Waals surface area contributed by atoms with E-state index in [1.807, 2.05) is 29.9 Å². The van der Waals surface area contributed by atoms with Gasteiger partial charge in [0.15, 0.2) is 0 Å². The summed E-state index contributed by atoms with van der Waals surface area (Å²) in [6.45, 7) is 3.84. The molecular weight excluding hydrogens is 385 g/mol. The van der Waals surface area contributed by atoms with Crippen LogP contribution in [0, 0.1) is 5.82 Å². The number of halogens is 1. The van der Waals surface area contributed by atoms with E-state index < -0.39 is 11.7 Å². The lowest BCUT2D eigenvalue weighted by Crippen LogP contribution is -2.44. The maximum atomic E-state index is 14.2. The molecule has 0 aliphatic heterocycles. The van der Waals surface area contributed by atoms with Crippen molar-refractivity contribution in [1.29, 1.82) is 0 Å². The average molecular weight is 418 g/mol. The SMILES string of the molecule is CCCCN(Cc1cccn1C)C(=O)CN(CCCOC)C(=O)c1ccccc1F. The third kappa shape index (κ3) is 6.69. The highest BCUT2D eigenvalue weighted by Gasteiger charge is 2.24. The zero-order chi connectivity index (χ0) is 21.9. The molecule has 30 heavy (non-hydrogen) atoms. The Kier molecular flexibility index (Phi) is 9.54. The topological polar surface area (TPSA) is 54.8 Å². The predicted octanol–water partition coefficient (Wildman–Crippen LogP) is 3.47. The van der Waals surface area contributed by atoms with E-state index in [9.17, 15) is 14.0 Å². The van der Waals surface area contributed by atoms with E-state index in [1.54, 1.807) is 24.1 Å². The Bertz CT molecular complexity index is 822. The summed E-state index contributed by atoms with van der Waals surface area (Å²) < 4.78 is 21.2. The summed E-state index contributed by atoms with van der Waals surface area (Å²) in [6, 6.07) is 9.78. The number of aryl methyl sites for hydroxylation is 1. The number of hydrogen-bond acceptors (Lipinski definition) is 3. The molecule has 0 radical (unpaired) electrons. The van der Waals surface area contributed by atoms with Crippen molar-refractivity contribution in [1.82, 2.24) is 14.4 Å². The summed E-state index contributed by atoms with van der Waals surface area (Å²) >= 11 is 0. The zero-order valence-electron chi connectivity index (χ0n) is 18.1. The number of amides is 2. The minimum atomic E-state index is -0.585. The van der Waals surface area contributed by atoms with Gasteiger partial charge in [-0.15, -0.1) is 0 Å². The molecule has 2 amide bonds. The van der Waals surface area contributed by atoms with Gasteiger partial charge in [0.2, 0.25) is 5.91 Å². The van der Waals surface area contributed by atoms with E-state index >= 15 is 0 Å². The van der Waals surface area contributed by atoms with Gasteiger partial charge < -0.3 is 19.1 Å². The third-order valence-corrected chi connectivity index (χ3v) is 5.03. The van der Waals surface area contributed by atoms with Gasteiger partial charge in [-0.1, -0.05) is 25.5 Å². The first-order valence-electron chi connectivity index (χ1n) is 10.4. The molecule has 2 aromatic rings. The van der Waals surface area contributed by atoms with Crippen molar-refractivity contribution in [3.63, 3.8) is 0 Å². The van der Waals surface area contributed by atoms with Crippen LogP contribution in [0.4, 0.5) is 4.39 Å². The standard InChI is InChI=1S/C23H32FN3O3/c1-4-5-14-26(17-19-10-8-13-25(19)2)22(28)18-27(15-9-16-30-3)23(29)20-11-6-7-12-21(20)24/h6-8,10-13H,4-5,9,14-18H2,1-3H3. The number of carbonyl (C=O) groups excluding carboxylic acids is 2. The van der Waals surface area contributed by atoms with Crippen LogP contribution in [0.15, 0.2) is 42.6 Å². The fourth-order valence-corrected chi connectivity index (χ4v) is 3.22. The molecule has 0 aliphatic carbocycles. The van der Waals surface area contributed by atoms with Crippen molar-refractivity contribution in [3.05, 3.63) is 59.7 Å². The quantitative estimate of drug-likeness (QED) is 0.497. The molecule has 164 valence electrons. The molecule has 0 fully saturated rings. The van der Waals surface area contributed by atoms with Crippen LogP contribution in [0.5, 0.6) is 0 Å². The second kappa shape index (κ2) is 12.1. The number of unbranched alkanes of at least 4 members (excludes halogenated alkanes) is 1. The third-order valence-electron chi connectivity index (χ3n) is 5.03. The molecule has 0 bridgehead atoms. The second-order valence-electron chi connectivity index (χ2n) is 7.33. The van der Waals surface area contributed by atoms with Gasteiger partial charge in [-0.25, -0.2) is 4.39 Å². The number of ether oxygens (including phenoxy) is 1. The van der Waals surface area contributed by atoms with Crippen LogP contribution in [-0.4, -0.2) is 59.5 Å². The molecule has 0 aliphatic rings. The summed E-state index contributed by atoms with van der Waals surface area (Å²) in [6.07, 6.45) is 4.34. The number of aromatic nitrogens is 1. The molecule has 7 heteroatoms. The molecule has 1 heterocycles. The highest BCUT2D eigenvalue weighted by atomic mass is 19.1. The van der Waals surface area contributed by atoms with Crippen molar-refractivity contribution in [3.8, 4) is 0 Å².